The van der Waals surface area contributed by atoms with Crippen molar-refractivity contribution in [3.05, 3.63) is 75.9 Å². The highest BCUT2D eigenvalue weighted by Gasteiger charge is 2.52. The van der Waals surface area contributed by atoms with Crippen LogP contribution in [0.3, 0.4) is 0 Å². The van der Waals surface area contributed by atoms with Crippen molar-refractivity contribution in [2.75, 3.05) is 18.6 Å². The minimum Gasteiger partial charge on any atom is -0.464 e. The molecular weight excluding hydrogens is 325 g/mol. The van der Waals surface area contributed by atoms with Gasteiger partial charge >= 0.3 is 0 Å². The lowest BCUT2D eigenvalue weighted by molar-refractivity contribution is -0.122. The average molecular weight is 339 g/mol. The molecule has 0 aliphatic carbocycles. The van der Waals surface area contributed by atoms with E-state index in [-0.39, 0.29) is 11.1 Å². The highest BCUT2D eigenvalue weighted by Crippen LogP contribution is 2.44. The van der Waals surface area contributed by atoms with E-state index in [1.807, 2.05) is 0 Å². The van der Waals surface area contributed by atoms with Crippen LogP contribution in [-0.2, 0) is 10.2 Å². The number of aliphatic hydroxyl groups is 1. The average Bonchev–Trinajstić information content (AvgIpc) is 2.84. The quantitative estimate of drug-likeness (QED) is 0.777. The van der Waals surface area contributed by atoms with Crippen LogP contribution in [0.25, 0.3) is 11.0 Å². The summed E-state index contributed by atoms with van der Waals surface area (Å²) in [6, 6.07) is 10.5. The second kappa shape index (κ2) is 5.26. The molecule has 1 aliphatic heterocycles. The highest BCUT2D eigenvalue weighted by atomic mass is 19.1. The van der Waals surface area contributed by atoms with E-state index in [2.05, 4.69) is 0 Å². The van der Waals surface area contributed by atoms with Crippen LogP contribution in [-0.4, -0.2) is 24.7 Å². The van der Waals surface area contributed by atoms with Crippen LogP contribution in [0.4, 0.5) is 10.1 Å². The molecule has 25 heavy (non-hydrogen) atoms. The topological polar surface area (TPSA) is 70.8 Å². The molecule has 0 unspecified atom stereocenters. The molecule has 0 fully saturated rings. The SMILES string of the molecule is CN1C(=O)[C@@](CO)(c2coc3ccccc3c2=O)c2cc(F)ccc21. The normalized spacial score (nSPS) is 19.5. The Bertz CT molecular complexity index is 1070. The van der Waals surface area contributed by atoms with Crippen molar-refractivity contribution in [3.63, 3.8) is 0 Å². The molecule has 126 valence electrons. The number of anilines is 1. The van der Waals surface area contributed by atoms with Crippen LogP contribution in [0.1, 0.15) is 11.1 Å². The number of carbonyl (C=O) groups excluding carboxylic acids is 1. The van der Waals surface area contributed by atoms with Gasteiger partial charge in [0, 0.05) is 18.3 Å². The molecule has 1 N–H and O–H groups in total. The lowest BCUT2D eigenvalue weighted by Gasteiger charge is -2.25. The van der Waals surface area contributed by atoms with Gasteiger partial charge in [-0.2, -0.15) is 0 Å². The maximum absolute atomic E-state index is 13.9. The third-order valence-corrected chi connectivity index (χ3v) is 4.83. The zero-order valence-electron chi connectivity index (χ0n) is 13.3. The molecule has 3 aromatic rings. The van der Waals surface area contributed by atoms with Crippen LogP contribution >= 0.6 is 0 Å². The van der Waals surface area contributed by atoms with E-state index in [1.165, 1.54) is 36.4 Å². The first-order chi connectivity index (χ1) is 12.0. The van der Waals surface area contributed by atoms with Crippen molar-refractivity contribution in [2.45, 2.75) is 5.41 Å². The van der Waals surface area contributed by atoms with Crippen LogP contribution in [0.2, 0.25) is 0 Å². The number of likely N-dealkylation sites (N-methyl/N-ethyl adjacent to an activating group) is 1. The smallest absolute Gasteiger partial charge is 0.244 e. The number of amides is 1. The molecule has 1 atom stereocenters. The largest absolute Gasteiger partial charge is 0.464 e. The van der Waals surface area contributed by atoms with Crippen molar-refractivity contribution in [1.29, 1.82) is 0 Å². The Kier molecular flexibility index (Phi) is 3.27. The summed E-state index contributed by atoms with van der Waals surface area (Å²) in [5.41, 5.74) is -1.03. The summed E-state index contributed by atoms with van der Waals surface area (Å²) >= 11 is 0. The van der Waals surface area contributed by atoms with Crippen molar-refractivity contribution >= 4 is 22.6 Å². The fourth-order valence-corrected chi connectivity index (χ4v) is 3.52. The van der Waals surface area contributed by atoms with E-state index in [0.717, 1.165) is 0 Å². The van der Waals surface area contributed by atoms with E-state index in [9.17, 15) is 19.1 Å². The van der Waals surface area contributed by atoms with Gasteiger partial charge < -0.3 is 14.4 Å². The molecule has 2 aromatic carbocycles. The summed E-state index contributed by atoms with van der Waals surface area (Å²) in [4.78, 5) is 27.3. The van der Waals surface area contributed by atoms with Gasteiger partial charge in [-0.3, -0.25) is 9.59 Å². The third kappa shape index (κ3) is 1.91. The molecule has 0 spiro atoms. The zero-order valence-corrected chi connectivity index (χ0v) is 13.3. The highest BCUT2D eigenvalue weighted by molar-refractivity contribution is 6.10. The predicted octanol–water partition coefficient (Wildman–Crippen LogP) is 2.19. The van der Waals surface area contributed by atoms with Crippen molar-refractivity contribution in [3.8, 4) is 0 Å². The van der Waals surface area contributed by atoms with Gasteiger partial charge in [-0.1, -0.05) is 12.1 Å². The van der Waals surface area contributed by atoms with Crippen molar-refractivity contribution in [2.24, 2.45) is 0 Å². The van der Waals surface area contributed by atoms with Gasteiger partial charge in [0.15, 0.2) is 5.43 Å². The van der Waals surface area contributed by atoms with E-state index in [1.54, 1.807) is 24.3 Å². The Morgan fingerprint density at radius 3 is 2.68 bits per heavy atom. The van der Waals surface area contributed by atoms with Gasteiger partial charge in [0.05, 0.1) is 23.8 Å². The number of aliphatic hydroxyl groups excluding tert-OH is 1. The molecule has 0 radical (unpaired) electrons. The van der Waals surface area contributed by atoms with E-state index in [4.69, 9.17) is 4.42 Å². The molecule has 6 heteroatoms. The second-order valence-corrected chi connectivity index (χ2v) is 6.06. The van der Waals surface area contributed by atoms with Crippen LogP contribution in [0.15, 0.2) is 57.9 Å². The van der Waals surface area contributed by atoms with Gasteiger partial charge in [0.1, 0.15) is 16.8 Å². The first-order valence-corrected chi connectivity index (χ1v) is 7.71. The lowest BCUT2D eigenvalue weighted by atomic mass is 9.76. The minimum atomic E-state index is -1.68. The van der Waals surface area contributed by atoms with Crippen molar-refractivity contribution in [1.82, 2.24) is 0 Å². The van der Waals surface area contributed by atoms with Gasteiger partial charge in [-0.15, -0.1) is 0 Å². The molecule has 0 saturated carbocycles. The summed E-state index contributed by atoms with van der Waals surface area (Å²) in [6.45, 7) is -0.671. The number of benzene rings is 2. The Morgan fingerprint density at radius 2 is 1.92 bits per heavy atom. The molecule has 1 amide bonds. The monoisotopic (exact) mass is 339 g/mol. The number of hydrogen-bond donors (Lipinski definition) is 1. The summed E-state index contributed by atoms with van der Waals surface area (Å²) in [5, 5.41) is 10.4. The maximum atomic E-state index is 13.9. The van der Waals surface area contributed by atoms with Gasteiger partial charge in [-0.05, 0) is 30.3 Å². The molecule has 0 bridgehead atoms. The number of para-hydroxylation sites is 1. The zero-order chi connectivity index (χ0) is 17.8. The van der Waals surface area contributed by atoms with Crippen LogP contribution < -0.4 is 10.3 Å². The Hall–Kier alpha value is -2.99. The second-order valence-electron chi connectivity index (χ2n) is 6.06. The van der Waals surface area contributed by atoms with Crippen molar-refractivity contribution < 1.29 is 18.7 Å². The number of fused-ring (bicyclic) bond motifs is 2. The molecule has 0 saturated heterocycles. The maximum Gasteiger partial charge on any atom is 0.244 e. The summed E-state index contributed by atoms with van der Waals surface area (Å²) in [5.74, 6) is -1.05. The fraction of sp³-hybridized carbons (Fsp3) is 0.158. The summed E-state index contributed by atoms with van der Waals surface area (Å²) < 4.78 is 19.4. The summed E-state index contributed by atoms with van der Waals surface area (Å²) in [7, 11) is 1.53. The predicted molar refractivity (Wildman–Crippen MR) is 90.2 cm³/mol. The number of carbonyl (C=O) groups is 1. The molecule has 1 aliphatic rings. The standard InChI is InChI=1S/C19H14FNO4/c1-21-15-7-6-11(20)8-13(15)19(10-22,18(21)24)14-9-25-16-5-3-2-4-12(16)17(14)23/h2-9,22H,10H2,1H3/t19-/m1/s1. The number of halogens is 1. The van der Waals surface area contributed by atoms with Crippen LogP contribution in [0, 0.1) is 5.82 Å². The number of rotatable bonds is 2. The molecular formula is C19H14FNO4. The molecule has 5 nitrogen and oxygen atoms in total. The first-order valence-electron chi connectivity index (χ1n) is 7.71. The number of nitrogens with zero attached hydrogens (tertiary/aromatic N) is 1. The van der Waals surface area contributed by atoms with Crippen LogP contribution in [0.5, 0.6) is 0 Å². The van der Waals surface area contributed by atoms with Gasteiger partial charge in [-0.25, -0.2) is 4.39 Å². The Balaban J connectivity index is 2.10. The molecule has 4 rings (SSSR count). The van der Waals surface area contributed by atoms with E-state index in [0.29, 0.717) is 16.7 Å². The van der Waals surface area contributed by atoms with Gasteiger partial charge in [0.25, 0.3) is 0 Å². The van der Waals surface area contributed by atoms with E-state index >= 15 is 0 Å². The number of hydrogen-bond acceptors (Lipinski definition) is 4. The molecule has 1 aromatic heterocycles. The summed E-state index contributed by atoms with van der Waals surface area (Å²) in [6.07, 6.45) is 1.19. The lowest BCUT2D eigenvalue weighted by Crippen LogP contribution is -2.45. The Morgan fingerprint density at radius 1 is 1.16 bits per heavy atom. The Labute approximate surface area is 141 Å². The fourth-order valence-electron chi connectivity index (χ4n) is 3.52. The first kappa shape index (κ1) is 15.5. The van der Waals surface area contributed by atoms with E-state index < -0.39 is 29.2 Å². The van der Waals surface area contributed by atoms with Gasteiger partial charge in [0.2, 0.25) is 5.91 Å². The minimum absolute atomic E-state index is 0.00472. The third-order valence-electron chi connectivity index (χ3n) is 4.83. The molecule has 2 heterocycles.